The van der Waals surface area contributed by atoms with Gasteiger partial charge in [0, 0.05) is 19.3 Å². The van der Waals surface area contributed by atoms with Gasteiger partial charge >= 0.3 is 17.9 Å². The Labute approximate surface area is 440 Å². The average molecular weight is 994 g/mol. The summed E-state index contributed by atoms with van der Waals surface area (Å²) in [5, 5.41) is 0. The minimum Gasteiger partial charge on any atom is -0.462 e. The highest BCUT2D eigenvalue weighted by molar-refractivity contribution is 5.71. The molecule has 0 unspecified atom stereocenters. The van der Waals surface area contributed by atoms with Gasteiger partial charge in [-0.3, -0.25) is 14.4 Å². The summed E-state index contributed by atoms with van der Waals surface area (Å²) in [4.78, 5) is 38.2. The SMILES string of the molecule is CCCCC/C=C\C/C=C\C/C=C\C/C=C\CCCC(=O)O[C@H](COC(=O)CCCCCCCCC/C=C\CCCCCC)COC(=O)CCCCCCCCCCCCCCCCCCCCCCC. The number of rotatable bonds is 56. The molecule has 0 N–H and O–H groups in total. The molecular formula is C65H116O6. The largest absolute Gasteiger partial charge is 0.462 e. The average Bonchev–Trinajstić information content (AvgIpc) is 3.37. The molecule has 0 rings (SSSR count). The van der Waals surface area contributed by atoms with Crippen molar-refractivity contribution in [3.63, 3.8) is 0 Å². The second kappa shape index (κ2) is 59.7. The molecule has 6 nitrogen and oxygen atoms in total. The predicted octanol–water partition coefficient (Wildman–Crippen LogP) is 20.8. The van der Waals surface area contributed by atoms with Crippen LogP contribution in [0.1, 0.15) is 316 Å². The number of unbranched alkanes of at least 4 members (excludes halogenated alkanes) is 35. The van der Waals surface area contributed by atoms with E-state index in [2.05, 4.69) is 81.5 Å². The molecule has 0 aromatic rings. The highest BCUT2D eigenvalue weighted by atomic mass is 16.6. The summed E-state index contributed by atoms with van der Waals surface area (Å²) in [7, 11) is 0. The Balaban J connectivity index is 4.39. The van der Waals surface area contributed by atoms with Crippen molar-refractivity contribution in [3.05, 3.63) is 60.8 Å². The first-order chi connectivity index (χ1) is 35.0. The number of hydrogen-bond donors (Lipinski definition) is 0. The van der Waals surface area contributed by atoms with Gasteiger partial charge in [0.15, 0.2) is 6.10 Å². The first-order valence-electron chi connectivity index (χ1n) is 30.8. The van der Waals surface area contributed by atoms with Crippen LogP contribution in [-0.2, 0) is 28.6 Å². The summed E-state index contributed by atoms with van der Waals surface area (Å²) in [5.41, 5.74) is 0. The van der Waals surface area contributed by atoms with Crippen molar-refractivity contribution >= 4 is 17.9 Å². The maximum atomic E-state index is 12.9. The minimum atomic E-state index is -0.803. The highest BCUT2D eigenvalue weighted by Crippen LogP contribution is 2.17. The van der Waals surface area contributed by atoms with Crippen LogP contribution in [-0.4, -0.2) is 37.2 Å². The normalized spacial score (nSPS) is 12.4. The minimum absolute atomic E-state index is 0.0942. The Hall–Kier alpha value is -2.89. The quantitative estimate of drug-likeness (QED) is 0.0261. The van der Waals surface area contributed by atoms with Crippen molar-refractivity contribution in [2.75, 3.05) is 13.2 Å². The molecule has 0 bridgehead atoms. The summed E-state index contributed by atoms with van der Waals surface area (Å²) in [6.07, 6.45) is 75.1. The van der Waals surface area contributed by atoms with E-state index in [0.717, 1.165) is 64.2 Å². The van der Waals surface area contributed by atoms with Gasteiger partial charge in [-0.2, -0.15) is 0 Å². The molecule has 1 atom stereocenters. The molecule has 0 saturated carbocycles. The molecule has 0 saturated heterocycles. The fourth-order valence-electron chi connectivity index (χ4n) is 8.84. The Kier molecular flexibility index (Phi) is 57.2. The summed E-state index contributed by atoms with van der Waals surface area (Å²) < 4.78 is 16.9. The van der Waals surface area contributed by atoms with Crippen molar-refractivity contribution in [1.29, 1.82) is 0 Å². The summed E-state index contributed by atoms with van der Waals surface area (Å²) in [5.74, 6) is -0.940. The van der Waals surface area contributed by atoms with Crippen LogP contribution in [0.5, 0.6) is 0 Å². The lowest BCUT2D eigenvalue weighted by Crippen LogP contribution is -2.30. The molecular weight excluding hydrogens is 877 g/mol. The fourth-order valence-corrected chi connectivity index (χ4v) is 8.84. The zero-order valence-corrected chi connectivity index (χ0v) is 47.2. The van der Waals surface area contributed by atoms with Crippen LogP contribution in [0.15, 0.2) is 60.8 Å². The molecule has 0 heterocycles. The molecule has 71 heavy (non-hydrogen) atoms. The number of carbonyl (C=O) groups is 3. The van der Waals surface area contributed by atoms with E-state index in [1.54, 1.807) is 0 Å². The van der Waals surface area contributed by atoms with Gasteiger partial charge in [-0.25, -0.2) is 0 Å². The van der Waals surface area contributed by atoms with Gasteiger partial charge in [-0.15, -0.1) is 0 Å². The molecule has 0 aliphatic rings. The smallest absolute Gasteiger partial charge is 0.306 e. The first kappa shape index (κ1) is 68.1. The van der Waals surface area contributed by atoms with Gasteiger partial charge in [-0.05, 0) is 83.5 Å². The maximum Gasteiger partial charge on any atom is 0.306 e. The summed E-state index contributed by atoms with van der Waals surface area (Å²) >= 11 is 0. The van der Waals surface area contributed by atoms with Crippen LogP contribution in [0.3, 0.4) is 0 Å². The zero-order valence-electron chi connectivity index (χ0n) is 47.2. The maximum absolute atomic E-state index is 12.9. The zero-order chi connectivity index (χ0) is 51.4. The Bertz CT molecular complexity index is 1280. The first-order valence-corrected chi connectivity index (χ1v) is 30.8. The Morgan fingerprint density at radius 2 is 0.521 bits per heavy atom. The number of esters is 3. The van der Waals surface area contributed by atoms with Crippen LogP contribution >= 0.6 is 0 Å². The number of carbonyl (C=O) groups excluding carboxylic acids is 3. The van der Waals surface area contributed by atoms with E-state index >= 15 is 0 Å². The van der Waals surface area contributed by atoms with Gasteiger partial charge in [0.2, 0.25) is 0 Å². The number of hydrogen-bond acceptors (Lipinski definition) is 6. The molecule has 0 aromatic carbocycles. The van der Waals surface area contributed by atoms with E-state index in [0.29, 0.717) is 19.3 Å². The van der Waals surface area contributed by atoms with E-state index in [1.807, 2.05) is 0 Å². The third-order valence-corrected chi connectivity index (χ3v) is 13.5. The fraction of sp³-hybridized carbons (Fsp3) is 0.800. The second-order valence-electron chi connectivity index (χ2n) is 20.6. The molecule has 0 aliphatic heterocycles. The van der Waals surface area contributed by atoms with Crippen LogP contribution in [0.4, 0.5) is 0 Å². The van der Waals surface area contributed by atoms with Gasteiger partial charge in [0.05, 0.1) is 0 Å². The lowest BCUT2D eigenvalue weighted by atomic mass is 10.0. The van der Waals surface area contributed by atoms with E-state index < -0.39 is 6.10 Å². The van der Waals surface area contributed by atoms with Crippen LogP contribution < -0.4 is 0 Å². The Morgan fingerprint density at radius 3 is 0.887 bits per heavy atom. The lowest BCUT2D eigenvalue weighted by molar-refractivity contribution is -0.167. The second-order valence-corrected chi connectivity index (χ2v) is 20.6. The highest BCUT2D eigenvalue weighted by Gasteiger charge is 2.19. The molecule has 0 amide bonds. The molecule has 6 heteroatoms. The molecule has 0 fully saturated rings. The van der Waals surface area contributed by atoms with Crippen molar-refractivity contribution in [3.8, 4) is 0 Å². The van der Waals surface area contributed by atoms with Gasteiger partial charge in [-0.1, -0.05) is 274 Å². The van der Waals surface area contributed by atoms with Crippen LogP contribution in [0.25, 0.3) is 0 Å². The molecule has 0 aromatic heterocycles. The van der Waals surface area contributed by atoms with Crippen molar-refractivity contribution in [2.45, 2.75) is 322 Å². The monoisotopic (exact) mass is 993 g/mol. The van der Waals surface area contributed by atoms with E-state index in [-0.39, 0.29) is 37.5 Å². The lowest BCUT2D eigenvalue weighted by Gasteiger charge is -2.18. The standard InChI is InChI=1S/C65H116O6/c1-4-7-10-13-16-19-22-25-28-30-31-32-33-35-37-40-43-46-49-52-55-58-64(67)70-61-62(60-69-63(66)57-54-51-48-45-42-39-36-27-24-21-18-15-12-9-6-3)71-65(68)59-56-53-50-47-44-41-38-34-29-26-23-20-17-14-11-8-5-2/h17,20-21,24,26,29,38,41,47,50,62H,4-16,18-19,22-23,25,27-28,30-37,39-40,42-46,48-49,51-61H2,1-3H3/b20-17-,24-21-,29-26-,41-38-,50-47-/t62-/m1/s1. The molecule has 0 spiro atoms. The van der Waals surface area contributed by atoms with Crippen molar-refractivity contribution in [1.82, 2.24) is 0 Å². The van der Waals surface area contributed by atoms with Gasteiger partial charge in [0.25, 0.3) is 0 Å². The van der Waals surface area contributed by atoms with E-state index in [4.69, 9.17) is 14.2 Å². The topological polar surface area (TPSA) is 78.9 Å². The third-order valence-electron chi connectivity index (χ3n) is 13.5. The third kappa shape index (κ3) is 57.9. The summed E-state index contributed by atoms with van der Waals surface area (Å²) in [6.45, 7) is 6.59. The van der Waals surface area contributed by atoms with E-state index in [1.165, 1.54) is 205 Å². The Morgan fingerprint density at radius 1 is 0.282 bits per heavy atom. The molecule has 412 valence electrons. The van der Waals surface area contributed by atoms with Crippen molar-refractivity contribution < 1.29 is 28.6 Å². The summed E-state index contributed by atoms with van der Waals surface area (Å²) in [6, 6.07) is 0. The molecule has 0 aliphatic carbocycles. The molecule has 0 radical (unpaired) electrons. The van der Waals surface area contributed by atoms with Crippen LogP contribution in [0, 0.1) is 0 Å². The predicted molar refractivity (Wildman–Crippen MR) is 307 cm³/mol. The van der Waals surface area contributed by atoms with Crippen LogP contribution in [0.2, 0.25) is 0 Å². The number of ether oxygens (including phenoxy) is 3. The van der Waals surface area contributed by atoms with Gasteiger partial charge in [0.1, 0.15) is 13.2 Å². The van der Waals surface area contributed by atoms with Gasteiger partial charge < -0.3 is 14.2 Å². The number of allylic oxidation sites excluding steroid dienone is 10. The van der Waals surface area contributed by atoms with Crippen molar-refractivity contribution in [2.24, 2.45) is 0 Å². The van der Waals surface area contributed by atoms with E-state index in [9.17, 15) is 14.4 Å².